The number of piperidine rings is 1. The summed E-state index contributed by atoms with van der Waals surface area (Å²) in [4.78, 5) is 29.4. The second kappa shape index (κ2) is 13.6. The Bertz CT molecular complexity index is 1100. The Hall–Kier alpha value is -3.40. The van der Waals surface area contributed by atoms with Crippen molar-refractivity contribution < 1.29 is 14.3 Å². The molecule has 190 valence electrons. The van der Waals surface area contributed by atoms with Crippen LogP contribution in [0, 0.1) is 23.7 Å². The lowest BCUT2D eigenvalue weighted by Gasteiger charge is -2.26. The first-order chi connectivity index (χ1) is 17.5. The Morgan fingerprint density at radius 3 is 2.81 bits per heavy atom. The summed E-state index contributed by atoms with van der Waals surface area (Å²) in [6, 6.07) is 9.64. The van der Waals surface area contributed by atoms with Crippen molar-refractivity contribution in [2.24, 2.45) is 0 Å². The number of hydrogen-bond acceptors (Lipinski definition) is 7. The highest BCUT2D eigenvalue weighted by Crippen LogP contribution is 2.40. The summed E-state index contributed by atoms with van der Waals surface area (Å²) in [7, 11) is 0. The fraction of sp³-hybridized carbons (Fsp3) is 0.444. The van der Waals surface area contributed by atoms with Crippen molar-refractivity contribution in [3.63, 3.8) is 0 Å². The number of carbonyl (C=O) groups is 2. The molecule has 0 aromatic heterocycles. The Morgan fingerprint density at radius 2 is 2.11 bits per heavy atom. The van der Waals surface area contributed by atoms with Crippen molar-refractivity contribution in [1.29, 1.82) is 5.26 Å². The van der Waals surface area contributed by atoms with Crippen molar-refractivity contribution >= 4 is 29.3 Å². The van der Waals surface area contributed by atoms with Gasteiger partial charge in [-0.1, -0.05) is 30.2 Å². The first-order valence-electron chi connectivity index (χ1n) is 12.2. The van der Waals surface area contributed by atoms with E-state index in [9.17, 15) is 14.9 Å². The van der Waals surface area contributed by atoms with E-state index in [0.29, 0.717) is 18.2 Å². The molecule has 8 nitrogen and oxygen atoms in total. The average molecular weight is 508 g/mol. The smallest absolute Gasteiger partial charge is 0.265 e. The van der Waals surface area contributed by atoms with E-state index in [0.717, 1.165) is 36.6 Å². The van der Waals surface area contributed by atoms with E-state index in [2.05, 4.69) is 21.5 Å². The van der Waals surface area contributed by atoms with Gasteiger partial charge < -0.3 is 20.3 Å². The van der Waals surface area contributed by atoms with Gasteiger partial charge in [-0.2, -0.15) is 5.26 Å². The van der Waals surface area contributed by atoms with E-state index in [-0.39, 0.29) is 18.0 Å². The van der Waals surface area contributed by atoms with Crippen LogP contribution >= 0.6 is 11.8 Å². The third-order valence-corrected chi connectivity index (χ3v) is 7.48. The van der Waals surface area contributed by atoms with Crippen LogP contribution in [0.1, 0.15) is 33.1 Å². The van der Waals surface area contributed by atoms with Crippen molar-refractivity contribution in [1.82, 2.24) is 15.1 Å². The lowest BCUT2D eigenvalue weighted by Crippen LogP contribution is -2.33. The van der Waals surface area contributed by atoms with Crippen LogP contribution in [-0.2, 0) is 9.59 Å². The summed E-state index contributed by atoms with van der Waals surface area (Å²) in [5, 5.41) is 15.1. The minimum absolute atomic E-state index is 0.00927. The van der Waals surface area contributed by atoms with Crippen LogP contribution in [0.15, 0.2) is 46.6 Å². The molecular formula is C27H33N5O3S. The van der Waals surface area contributed by atoms with Gasteiger partial charge in [0.2, 0.25) is 5.91 Å². The number of thioether (sulfide) groups is 1. The maximum absolute atomic E-state index is 13.1. The molecular weight excluding hydrogens is 474 g/mol. The van der Waals surface area contributed by atoms with Gasteiger partial charge in [0.1, 0.15) is 34.3 Å². The van der Waals surface area contributed by atoms with Crippen molar-refractivity contribution in [2.45, 2.75) is 38.4 Å². The summed E-state index contributed by atoms with van der Waals surface area (Å²) >= 11 is 1.20. The molecule has 1 atom stereocenters. The molecule has 0 bridgehead atoms. The zero-order chi connectivity index (χ0) is 25.9. The normalized spacial score (nSPS) is 19.9. The van der Waals surface area contributed by atoms with Crippen LogP contribution < -0.4 is 15.4 Å². The monoisotopic (exact) mass is 507 g/mol. The van der Waals surface area contributed by atoms with Crippen LogP contribution in [0.25, 0.3) is 0 Å². The lowest BCUT2D eigenvalue weighted by molar-refractivity contribution is -0.126. The van der Waals surface area contributed by atoms with Gasteiger partial charge in [0.05, 0.1) is 6.54 Å². The first kappa shape index (κ1) is 27.2. The van der Waals surface area contributed by atoms with E-state index in [1.54, 1.807) is 6.20 Å². The lowest BCUT2D eigenvalue weighted by atomic mass is 10.1. The predicted molar refractivity (Wildman–Crippen MR) is 143 cm³/mol. The molecule has 0 saturated carbocycles. The summed E-state index contributed by atoms with van der Waals surface area (Å²) in [5.41, 5.74) is 1.51. The van der Waals surface area contributed by atoms with Crippen LogP contribution in [0.3, 0.4) is 0 Å². The van der Waals surface area contributed by atoms with Gasteiger partial charge in [-0.3, -0.25) is 14.5 Å². The van der Waals surface area contributed by atoms with Gasteiger partial charge in [-0.05, 0) is 57.5 Å². The van der Waals surface area contributed by atoms with Crippen molar-refractivity contribution in [3.8, 4) is 24.2 Å². The molecule has 2 aliphatic rings. The molecule has 2 N–H and O–H groups in total. The fourth-order valence-corrected chi connectivity index (χ4v) is 5.40. The van der Waals surface area contributed by atoms with Crippen molar-refractivity contribution in [3.05, 3.63) is 46.6 Å². The topological polar surface area (TPSA) is 97.7 Å². The maximum Gasteiger partial charge on any atom is 0.265 e. The maximum atomic E-state index is 13.1. The molecule has 2 heterocycles. The van der Waals surface area contributed by atoms with Gasteiger partial charge in [-0.25, -0.2) is 0 Å². The predicted octanol–water partition coefficient (Wildman–Crippen LogP) is 3.32. The summed E-state index contributed by atoms with van der Waals surface area (Å²) < 4.78 is 5.95. The highest BCUT2D eigenvalue weighted by atomic mass is 32.2. The number of anilines is 1. The van der Waals surface area contributed by atoms with Crippen LogP contribution in [0.5, 0.6) is 5.75 Å². The number of nitriles is 1. The third kappa shape index (κ3) is 7.07. The summed E-state index contributed by atoms with van der Waals surface area (Å²) in [6.45, 7) is 7.87. The number of nitrogens with zero attached hydrogens (tertiary/aromatic N) is 3. The molecule has 0 radical (unpaired) electrons. The van der Waals surface area contributed by atoms with E-state index in [1.807, 2.05) is 44.2 Å². The van der Waals surface area contributed by atoms with Crippen LogP contribution in [0.2, 0.25) is 0 Å². The minimum Gasteiger partial charge on any atom is -0.492 e. The second-order valence-electron chi connectivity index (χ2n) is 8.57. The largest absolute Gasteiger partial charge is 0.492 e. The quantitative estimate of drug-likeness (QED) is 0.285. The number of nitrogens with one attached hydrogen (secondary N) is 2. The SMILES string of the molecule is C#CCNC(=O)/C(C#N)=C1\SC(C(C)=CNc2cccc(OCCN3CCCCC3)c2)C(=O)N1CC. The fourth-order valence-electron chi connectivity index (χ4n) is 4.09. The number of terminal acetylenes is 1. The van der Waals surface area contributed by atoms with Crippen LogP contribution in [-0.4, -0.2) is 66.2 Å². The molecule has 0 aliphatic carbocycles. The number of benzene rings is 1. The molecule has 2 fully saturated rings. The Morgan fingerprint density at radius 1 is 1.33 bits per heavy atom. The first-order valence-corrected chi connectivity index (χ1v) is 13.1. The zero-order valence-electron chi connectivity index (χ0n) is 20.9. The van der Waals surface area contributed by atoms with Crippen molar-refractivity contribution in [2.75, 3.05) is 44.6 Å². The highest BCUT2D eigenvalue weighted by Gasteiger charge is 2.39. The van der Waals surface area contributed by atoms with Crippen LogP contribution in [0.4, 0.5) is 5.69 Å². The Kier molecular flexibility index (Phi) is 10.3. The second-order valence-corrected chi connectivity index (χ2v) is 9.66. The number of ether oxygens (including phenoxy) is 1. The molecule has 1 aromatic carbocycles. The number of carbonyl (C=O) groups excluding carboxylic acids is 2. The Labute approximate surface area is 217 Å². The molecule has 1 unspecified atom stereocenters. The zero-order valence-corrected chi connectivity index (χ0v) is 21.7. The summed E-state index contributed by atoms with van der Waals surface area (Å²) in [6.07, 6.45) is 10.8. The van der Waals surface area contributed by atoms with Gasteiger partial charge in [-0.15, -0.1) is 6.42 Å². The molecule has 36 heavy (non-hydrogen) atoms. The molecule has 9 heteroatoms. The van der Waals surface area contributed by atoms with E-state index < -0.39 is 11.2 Å². The third-order valence-electron chi connectivity index (χ3n) is 6.02. The van der Waals surface area contributed by atoms with E-state index in [4.69, 9.17) is 11.2 Å². The van der Waals surface area contributed by atoms with E-state index >= 15 is 0 Å². The Balaban J connectivity index is 1.64. The van der Waals surface area contributed by atoms with Gasteiger partial charge in [0.15, 0.2) is 0 Å². The van der Waals surface area contributed by atoms with Gasteiger partial charge in [0, 0.05) is 31.0 Å². The van der Waals surface area contributed by atoms with Gasteiger partial charge >= 0.3 is 0 Å². The summed E-state index contributed by atoms with van der Waals surface area (Å²) in [5.74, 6) is 2.35. The number of hydrogen-bond donors (Lipinski definition) is 2. The number of amides is 2. The molecule has 2 amide bonds. The number of rotatable bonds is 10. The molecule has 2 aliphatic heterocycles. The standard InChI is InChI=1S/C27H33N5O3S/c1-4-12-29-25(33)23(18-28)27-32(5-2)26(34)24(36-27)20(3)19-30-21-10-9-11-22(17-21)35-16-15-31-13-7-6-8-14-31/h1,9-11,17,19,24,30H,5-8,12-16H2,2-3H3,(H,29,33)/b20-19?,27-23-. The molecule has 1 aromatic rings. The minimum atomic E-state index is -0.582. The highest BCUT2D eigenvalue weighted by molar-refractivity contribution is 8.05. The average Bonchev–Trinajstić information content (AvgIpc) is 3.23. The number of likely N-dealkylation sites (tertiary alicyclic amines) is 1. The molecule has 3 rings (SSSR count). The molecule has 0 spiro atoms. The van der Waals surface area contributed by atoms with Gasteiger partial charge in [0.25, 0.3) is 5.91 Å². The van der Waals surface area contributed by atoms with E-state index in [1.165, 1.54) is 35.9 Å². The molecule has 2 saturated heterocycles.